The average Bonchev–Trinajstić information content (AvgIpc) is 3.02. The first-order valence-corrected chi connectivity index (χ1v) is 7.90. The highest BCUT2D eigenvalue weighted by Gasteiger charge is 2.23. The summed E-state index contributed by atoms with van der Waals surface area (Å²) in [5, 5.41) is 3.53. The molecular formula is C16H27N3O. The van der Waals surface area contributed by atoms with Gasteiger partial charge in [-0.2, -0.15) is 0 Å². The van der Waals surface area contributed by atoms with Gasteiger partial charge in [0.1, 0.15) is 5.76 Å². The van der Waals surface area contributed by atoms with Crippen molar-refractivity contribution in [3.63, 3.8) is 0 Å². The van der Waals surface area contributed by atoms with Crippen LogP contribution in [-0.4, -0.2) is 49.1 Å². The molecule has 1 saturated heterocycles. The Labute approximate surface area is 122 Å². The normalized spacial score (nSPS) is 23.9. The largest absolute Gasteiger partial charge is 0.468 e. The van der Waals surface area contributed by atoms with Crippen molar-refractivity contribution in [2.75, 3.05) is 27.2 Å². The van der Waals surface area contributed by atoms with Gasteiger partial charge in [0.2, 0.25) is 0 Å². The maximum atomic E-state index is 5.64. The Balaban J connectivity index is 1.49. The molecule has 2 fully saturated rings. The summed E-state index contributed by atoms with van der Waals surface area (Å²) in [5.74, 6) is 1.11. The molecule has 0 spiro atoms. The second-order valence-electron chi connectivity index (χ2n) is 6.50. The predicted octanol–water partition coefficient (Wildman–Crippen LogP) is 2.06. The summed E-state index contributed by atoms with van der Waals surface area (Å²) in [5.41, 5.74) is 1.33. The van der Waals surface area contributed by atoms with Crippen LogP contribution in [0.15, 0.2) is 16.7 Å². The maximum absolute atomic E-state index is 5.64. The fourth-order valence-corrected chi connectivity index (χ4v) is 3.11. The maximum Gasteiger partial charge on any atom is 0.122 e. The number of nitrogens with zero attached hydrogens (tertiary/aromatic N) is 2. The Morgan fingerprint density at radius 2 is 2.25 bits per heavy atom. The highest BCUT2D eigenvalue weighted by molar-refractivity contribution is 5.17. The second kappa shape index (κ2) is 6.29. The molecule has 0 amide bonds. The molecule has 1 aliphatic heterocycles. The SMILES string of the molecule is CN(Cc1ccoc1CNC1CC1)CC1CCCN1C. The van der Waals surface area contributed by atoms with Gasteiger partial charge in [-0.05, 0) is 52.4 Å². The molecule has 0 aromatic carbocycles. The standard InChI is InChI=1S/C16H27N3O/c1-18(12-15-4-3-8-19(15)2)11-13-7-9-20-16(13)10-17-14-5-6-14/h7,9,14-15,17H,3-6,8,10-12H2,1-2H3. The van der Waals surface area contributed by atoms with Crippen LogP contribution >= 0.6 is 0 Å². The highest BCUT2D eigenvalue weighted by atomic mass is 16.3. The third-order valence-electron chi connectivity index (χ3n) is 4.60. The lowest BCUT2D eigenvalue weighted by Crippen LogP contribution is -2.36. The van der Waals surface area contributed by atoms with E-state index in [4.69, 9.17) is 4.42 Å². The number of likely N-dealkylation sites (tertiary alicyclic amines) is 1. The third kappa shape index (κ3) is 3.62. The second-order valence-corrected chi connectivity index (χ2v) is 6.50. The lowest BCUT2D eigenvalue weighted by molar-refractivity contribution is 0.214. The van der Waals surface area contributed by atoms with Crippen molar-refractivity contribution in [1.82, 2.24) is 15.1 Å². The summed E-state index contributed by atoms with van der Waals surface area (Å²) in [6.07, 6.45) is 7.16. The van der Waals surface area contributed by atoms with Gasteiger partial charge in [-0.1, -0.05) is 0 Å². The van der Waals surface area contributed by atoms with Gasteiger partial charge in [0.25, 0.3) is 0 Å². The fourth-order valence-electron chi connectivity index (χ4n) is 3.11. The molecule has 1 aromatic heterocycles. The van der Waals surface area contributed by atoms with Crippen LogP contribution in [0.3, 0.4) is 0 Å². The molecule has 2 aliphatic rings. The summed E-state index contributed by atoms with van der Waals surface area (Å²) in [7, 11) is 4.46. The molecule has 0 radical (unpaired) electrons. The summed E-state index contributed by atoms with van der Waals surface area (Å²) in [4.78, 5) is 4.92. The van der Waals surface area contributed by atoms with E-state index in [2.05, 4.69) is 35.3 Å². The zero-order chi connectivity index (χ0) is 13.9. The molecule has 1 unspecified atom stereocenters. The summed E-state index contributed by atoms with van der Waals surface area (Å²) < 4.78 is 5.64. The Morgan fingerprint density at radius 1 is 1.40 bits per heavy atom. The van der Waals surface area contributed by atoms with Crippen LogP contribution in [0, 0.1) is 0 Å². The van der Waals surface area contributed by atoms with E-state index in [0.29, 0.717) is 0 Å². The van der Waals surface area contributed by atoms with Crippen LogP contribution in [0.5, 0.6) is 0 Å². The van der Waals surface area contributed by atoms with Gasteiger partial charge in [0.05, 0.1) is 12.8 Å². The van der Waals surface area contributed by atoms with E-state index in [1.807, 2.05) is 6.26 Å². The van der Waals surface area contributed by atoms with Crippen molar-refractivity contribution in [1.29, 1.82) is 0 Å². The first-order chi connectivity index (χ1) is 9.72. The van der Waals surface area contributed by atoms with E-state index in [1.165, 1.54) is 37.8 Å². The third-order valence-corrected chi connectivity index (χ3v) is 4.60. The molecule has 0 bridgehead atoms. The monoisotopic (exact) mass is 277 g/mol. The van der Waals surface area contributed by atoms with Crippen molar-refractivity contribution < 1.29 is 4.42 Å². The van der Waals surface area contributed by atoms with E-state index in [9.17, 15) is 0 Å². The fraction of sp³-hybridized carbons (Fsp3) is 0.750. The lowest BCUT2D eigenvalue weighted by atomic mass is 10.2. The van der Waals surface area contributed by atoms with Crippen molar-refractivity contribution in [3.05, 3.63) is 23.7 Å². The van der Waals surface area contributed by atoms with Crippen LogP contribution in [-0.2, 0) is 13.1 Å². The van der Waals surface area contributed by atoms with Gasteiger partial charge in [-0.15, -0.1) is 0 Å². The minimum atomic E-state index is 0.722. The lowest BCUT2D eigenvalue weighted by Gasteiger charge is -2.25. The topological polar surface area (TPSA) is 31.7 Å². The molecular weight excluding hydrogens is 250 g/mol. The Bertz CT molecular complexity index is 427. The molecule has 4 nitrogen and oxygen atoms in total. The summed E-state index contributed by atoms with van der Waals surface area (Å²) in [6, 6.07) is 3.58. The summed E-state index contributed by atoms with van der Waals surface area (Å²) >= 11 is 0. The predicted molar refractivity (Wildman–Crippen MR) is 80.6 cm³/mol. The van der Waals surface area contributed by atoms with E-state index in [0.717, 1.165) is 37.5 Å². The number of likely N-dealkylation sites (N-methyl/N-ethyl adjacent to an activating group) is 2. The zero-order valence-electron chi connectivity index (χ0n) is 12.8. The van der Waals surface area contributed by atoms with E-state index in [-0.39, 0.29) is 0 Å². The molecule has 1 atom stereocenters. The van der Waals surface area contributed by atoms with E-state index < -0.39 is 0 Å². The van der Waals surface area contributed by atoms with E-state index >= 15 is 0 Å². The van der Waals surface area contributed by atoms with Crippen LogP contribution < -0.4 is 5.32 Å². The number of rotatable bonds is 7. The number of nitrogens with one attached hydrogen (secondary N) is 1. The molecule has 4 heteroatoms. The minimum absolute atomic E-state index is 0.722. The molecule has 1 aromatic rings. The first-order valence-electron chi connectivity index (χ1n) is 7.90. The number of furan rings is 1. The first kappa shape index (κ1) is 14.1. The Hall–Kier alpha value is -0.840. The van der Waals surface area contributed by atoms with Crippen molar-refractivity contribution in [3.8, 4) is 0 Å². The molecule has 1 saturated carbocycles. The van der Waals surface area contributed by atoms with Gasteiger partial charge in [-0.25, -0.2) is 0 Å². The van der Waals surface area contributed by atoms with Gasteiger partial charge < -0.3 is 19.5 Å². The number of hydrogen-bond acceptors (Lipinski definition) is 4. The van der Waals surface area contributed by atoms with E-state index in [1.54, 1.807) is 0 Å². The van der Waals surface area contributed by atoms with Crippen molar-refractivity contribution in [2.24, 2.45) is 0 Å². The minimum Gasteiger partial charge on any atom is -0.468 e. The van der Waals surface area contributed by atoms with Gasteiger partial charge in [-0.3, -0.25) is 0 Å². The highest BCUT2D eigenvalue weighted by Crippen LogP contribution is 2.21. The molecule has 112 valence electrons. The van der Waals surface area contributed by atoms with Crippen LogP contribution in [0.1, 0.15) is 37.0 Å². The van der Waals surface area contributed by atoms with Crippen molar-refractivity contribution in [2.45, 2.75) is 50.9 Å². The number of hydrogen-bond donors (Lipinski definition) is 1. The molecule has 1 N–H and O–H groups in total. The molecule has 3 rings (SSSR count). The molecule has 1 aliphatic carbocycles. The zero-order valence-corrected chi connectivity index (χ0v) is 12.8. The van der Waals surface area contributed by atoms with Crippen LogP contribution in [0.25, 0.3) is 0 Å². The van der Waals surface area contributed by atoms with Gasteiger partial charge in [0, 0.05) is 30.7 Å². The summed E-state index contributed by atoms with van der Waals surface area (Å²) in [6.45, 7) is 4.27. The van der Waals surface area contributed by atoms with Crippen LogP contribution in [0.4, 0.5) is 0 Å². The quantitative estimate of drug-likeness (QED) is 0.827. The van der Waals surface area contributed by atoms with Crippen molar-refractivity contribution >= 4 is 0 Å². The molecule has 20 heavy (non-hydrogen) atoms. The smallest absolute Gasteiger partial charge is 0.122 e. The van der Waals surface area contributed by atoms with Gasteiger partial charge in [0.15, 0.2) is 0 Å². The Kier molecular flexibility index (Phi) is 4.44. The Morgan fingerprint density at radius 3 is 2.95 bits per heavy atom. The average molecular weight is 277 g/mol. The van der Waals surface area contributed by atoms with Crippen LogP contribution in [0.2, 0.25) is 0 Å². The van der Waals surface area contributed by atoms with Gasteiger partial charge >= 0.3 is 0 Å². The molecule has 2 heterocycles.